The molecule has 3 amide bonds. The second-order valence-corrected chi connectivity index (χ2v) is 10.4. The third kappa shape index (κ3) is 13.8. The molecule has 0 saturated heterocycles. The Kier molecular flexibility index (Phi) is 17.6. The van der Waals surface area contributed by atoms with Crippen LogP contribution in [0.2, 0.25) is 0 Å². The van der Waals surface area contributed by atoms with Gasteiger partial charge >= 0.3 is 11.9 Å². The lowest BCUT2D eigenvalue weighted by atomic mass is 10.0. The van der Waals surface area contributed by atoms with E-state index in [1.54, 1.807) is 12.1 Å². The zero-order valence-electron chi connectivity index (χ0n) is 25.0. The Morgan fingerprint density at radius 3 is 1.96 bits per heavy atom. The predicted octanol–water partition coefficient (Wildman–Crippen LogP) is -3.65. The molecule has 45 heavy (non-hydrogen) atoms. The number of unbranched alkanes of at least 4 members (excludes halogenated alkanes) is 2. The highest BCUT2D eigenvalue weighted by atomic mass is 16.5. The maximum absolute atomic E-state index is 13.2. The van der Waals surface area contributed by atoms with Crippen molar-refractivity contribution >= 4 is 29.7 Å². The van der Waals surface area contributed by atoms with Crippen LogP contribution in [0.3, 0.4) is 0 Å². The van der Waals surface area contributed by atoms with E-state index < -0.39 is 72.2 Å². The van der Waals surface area contributed by atoms with Crippen molar-refractivity contribution in [2.75, 3.05) is 20.2 Å². The monoisotopic (exact) mass is 643 g/mol. The molecule has 7 atom stereocenters. The SMILES string of the molecule is COC(=O)[C@H](CCCCN)NC(=O)C(Cc1ccc(O)cc1)NC(=O)[C@@H](N)CCCCNC(=O)C(O)C(O)C(O)C(O)C(=O)O. The van der Waals surface area contributed by atoms with Gasteiger partial charge in [-0.05, 0) is 62.8 Å². The number of nitrogens with two attached hydrogens (primary N) is 2. The molecule has 0 fully saturated rings. The van der Waals surface area contributed by atoms with Gasteiger partial charge in [0.2, 0.25) is 11.8 Å². The fourth-order valence-electron chi connectivity index (χ4n) is 4.12. The number of methoxy groups -OCH3 is 1. The molecule has 0 aliphatic heterocycles. The Morgan fingerprint density at radius 1 is 0.800 bits per heavy atom. The number of rotatable bonds is 21. The van der Waals surface area contributed by atoms with Crippen molar-refractivity contribution < 1.29 is 59.3 Å². The first-order valence-electron chi connectivity index (χ1n) is 14.4. The van der Waals surface area contributed by atoms with Crippen molar-refractivity contribution in [1.29, 1.82) is 0 Å². The van der Waals surface area contributed by atoms with Crippen LogP contribution >= 0.6 is 0 Å². The number of ether oxygens (including phenoxy) is 1. The van der Waals surface area contributed by atoms with Crippen molar-refractivity contribution in [3.05, 3.63) is 29.8 Å². The Hall–Kier alpha value is -3.87. The summed E-state index contributed by atoms with van der Waals surface area (Å²) < 4.78 is 4.79. The van der Waals surface area contributed by atoms with E-state index in [1.165, 1.54) is 19.2 Å². The van der Waals surface area contributed by atoms with Gasteiger partial charge in [0.05, 0.1) is 13.2 Å². The largest absolute Gasteiger partial charge is 0.508 e. The minimum atomic E-state index is -2.42. The van der Waals surface area contributed by atoms with Gasteiger partial charge in [-0.2, -0.15) is 0 Å². The molecule has 17 nitrogen and oxygen atoms in total. The Bertz CT molecular complexity index is 1110. The Morgan fingerprint density at radius 2 is 1.38 bits per heavy atom. The zero-order chi connectivity index (χ0) is 34.1. The number of aromatic hydroxyl groups is 1. The number of aliphatic carboxylic acids is 1. The highest BCUT2D eigenvalue weighted by molar-refractivity contribution is 5.92. The van der Waals surface area contributed by atoms with E-state index in [4.69, 9.17) is 21.3 Å². The van der Waals surface area contributed by atoms with Crippen LogP contribution in [0.25, 0.3) is 0 Å². The average molecular weight is 644 g/mol. The number of benzene rings is 1. The lowest BCUT2D eigenvalue weighted by molar-refractivity contribution is -0.166. The second-order valence-electron chi connectivity index (χ2n) is 10.4. The van der Waals surface area contributed by atoms with E-state index in [1.807, 2.05) is 0 Å². The summed E-state index contributed by atoms with van der Waals surface area (Å²) in [6.07, 6.45) is -7.10. The molecule has 0 spiro atoms. The van der Waals surface area contributed by atoms with Crippen LogP contribution < -0.4 is 27.4 Å². The summed E-state index contributed by atoms with van der Waals surface area (Å²) in [5, 5.41) is 64.2. The molecule has 0 bridgehead atoms. The molecular weight excluding hydrogens is 598 g/mol. The smallest absolute Gasteiger partial charge is 0.335 e. The molecular formula is C28H45N5O12. The standard InChI is InChI=1S/C28H45N5O12/c1-45-28(44)18(7-2-4-12-29)32-25(40)19(14-15-8-10-16(34)11-9-15)33-24(39)17(30)6-3-5-13-31-26(41)22(37)20(35)21(36)23(38)27(42)43/h8-11,17-23,34-38H,2-7,12-14,29-30H2,1H3,(H,31,41)(H,32,40)(H,33,39)(H,42,43)/t17-,18-,19?,20?,21?,22?,23?/m0/s1. The number of hydrogen-bond donors (Lipinski definition) is 11. The first kappa shape index (κ1) is 39.2. The molecule has 17 heteroatoms. The number of aliphatic hydroxyl groups excluding tert-OH is 4. The fourth-order valence-corrected chi connectivity index (χ4v) is 4.12. The van der Waals surface area contributed by atoms with Crippen LogP contribution in [-0.4, -0.2) is 123 Å². The van der Waals surface area contributed by atoms with E-state index >= 15 is 0 Å². The van der Waals surface area contributed by atoms with E-state index in [0.717, 1.165) is 0 Å². The van der Waals surface area contributed by atoms with Gasteiger partial charge in [-0.15, -0.1) is 0 Å². The number of carboxylic acids is 1. The van der Waals surface area contributed by atoms with Crippen LogP contribution in [0.5, 0.6) is 5.75 Å². The van der Waals surface area contributed by atoms with Gasteiger partial charge in [-0.25, -0.2) is 9.59 Å². The molecule has 254 valence electrons. The number of carboxylic acid groups (broad SMARTS) is 1. The van der Waals surface area contributed by atoms with Crippen LogP contribution in [0.1, 0.15) is 44.1 Å². The lowest BCUT2D eigenvalue weighted by Crippen LogP contribution is -2.55. The summed E-state index contributed by atoms with van der Waals surface area (Å²) in [7, 11) is 1.19. The van der Waals surface area contributed by atoms with Crippen molar-refractivity contribution in [3.8, 4) is 5.75 Å². The number of amides is 3. The topological polar surface area (TPSA) is 304 Å². The summed E-state index contributed by atoms with van der Waals surface area (Å²) >= 11 is 0. The molecule has 1 rings (SSSR count). The molecule has 0 aromatic heterocycles. The Balaban J connectivity index is 2.73. The van der Waals surface area contributed by atoms with E-state index in [0.29, 0.717) is 31.4 Å². The van der Waals surface area contributed by atoms with Crippen LogP contribution in [0.4, 0.5) is 0 Å². The zero-order valence-corrected chi connectivity index (χ0v) is 25.0. The molecule has 0 heterocycles. The summed E-state index contributed by atoms with van der Waals surface area (Å²) in [5.74, 6) is -4.96. The summed E-state index contributed by atoms with van der Waals surface area (Å²) in [5.41, 5.74) is 12.1. The number of carbonyl (C=O) groups excluding carboxylic acids is 4. The molecule has 0 aliphatic rings. The molecule has 5 unspecified atom stereocenters. The fraction of sp³-hybridized carbons (Fsp3) is 0.607. The third-order valence-electron chi connectivity index (χ3n) is 6.85. The van der Waals surface area contributed by atoms with Gasteiger partial charge in [0.15, 0.2) is 12.2 Å². The van der Waals surface area contributed by atoms with Crippen molar-refractivity contribution in [3.63, 3.8) is 0 Å². The number of nitrogens with one attached hydrogen (secondary N) is 3. The summed E-state index contributed by atoms with van der Waals surface area (Å²) in [6, 6.07) is 2.79. The number of phenols is 1. The van der Waals surface area contributed by atoms with Gasteiger partial charge in [-0.1, -0.05) is 12.1 Å². The third-order valence-corrected chi connectivity index (χ3v) is 6.85. The first-order valence-corrected chi connectivity index (χ1v) is 14.4. The lowest BCUT2D eigenvalue weighted by Gasteiger charge is -2.24. The van der Waals surface area contributed by atoms with Crippen molar-refractivity contribution in [1.82, 2.24) is 16.0 Å². The molecule has 0 aliphatic carbocycles. The highest BCUT2D eigenvalue weighted by Crippen LogP contribution is 2.13. The van der Waals surface area contributed by atoms with Crippen LogP contribution in [-0.2, 0) is 35.1 Å². The second kappa shape index (κ2) is 20.2. The maximum Gasteiger partial charge on any atom is 0.335 e. The first-order chi connectivity index (χ1) is 21.2. The van der Waals surface area contributed by atoms with Crippen LogP contribution in [0, 0.1) is 0 Å². The molecule has 1 aromatic carbocycles. The normalized spacial score (nSPS) is 15.8. The number of esters is 1. The number of aliphatic hydroxyl groups is 4. The number of hydrogen-bond acceptors (Lipinski definition) is 13. The van der Waals surface area contributed by atoms with Crippen LogP contribution in [0.15, 0.2) is 24.3 Å². The van der Waals surface area contributed by atoms with Gasteiger partial charge in [0, 0.05) is 13.0 Å². The summed E-state index contributed by atoms with van der Waals surface area (Å²) in [6.45, 7) is 0.361. The van der Waals surface area contributed by atoms with Gasteiger partial charge in [0.25, 0.3) is 5.91 Å². The highest BCUT2D eigenvalue weighted by Gasteiger charge is 2.37. The molecule has 1 aromatic rings. The molecule has 0 radical (unpaired) electrons. The van der Waals surface area contributed by atoms with E-state index in [9.17, 15) is 49.5 Å². The van der Waals surface area contributed by atoms with Gasteiger partial charge in [-0.3, -0.25) is 14.4 Å². The average Bonchev–Trinajstić information content (AvgIpc) is 3.02. The van der Waals surface area contributed by atoms with Crippen molar-refractivity contribution in [2.45, 2.75) is 87.5 Å². The summed E-state index contributed by atoms with van der Waals surface area (Å²) in [4.78, 5) is 61.1. The quantitative estimate of drug-likeness (QED) is 0.0455. The van der Waals surface area contributed by atoms with Gasteiger partial charge < -0.3 is 62.8 Å². The van der Waals surface area contributed by atoms with E-state index in [-0.39, 0.29) is 38.0 Å². The van der Waals surface area contributed by atoms with E-state index in [2.05, 4.69) is 16.0 Å². The Labute approximate surface area is 259 Å². The maximum atomic E-state index is 13.2. The minimum Gasteiger partial charge on any atom is -0.508 e. The number of phenolic OH excluding ortho intramolecular Hbond substituents is 1. The minimum absolute atomic E-state index is 0.00734. The predicted molar refractivity (Wildman–Crippen MR) is 157 cm³/mol. The van der Waals surface area contributed by atoms with Crippen molar-refractivity contribution in [2.24, 2.45) is 11.5 Å². The number of carbonyl (C=O) groups is 5. The molecule has 0 saturated carbocycles. The molecule has 13 N–H and O–H groups in total. The van der Waals surface area contributed by atoms with Gasteiger partial charge in [0.1, 0.15) is 30.0 Å².